The summed E-state index contributed by atoms with van der Waals surface area (Å²) in [4.78, 5) is 29.8. The van der Waals surface area contributed by atoms with Gasteiger partial charge >= 0.3 is 5.69 Å². The highest BCUT2D eigenvalue weighted by Crippen LogP contribution is 2.24. The van der Waals surface area contributed by atoms with Crippen molar-refractivity contribution < 1.29 is 4.74 Å². The summed E-state index contributed by atoms with van der Waals surface area (Å²) in [6, 6.07) is 6.09. The maximum atomic E-state index is 12.5. The van der Waals surface area contributed by atoms with Crippen LogP contribution < -0.4 is 5.69 Å². The second-order valence-electron chi connectivity index (χ2n) is 7.83. The quantitative estimate of drug-likeness (QED) is 0.556. The first kappa shape index (κ1) is 18.1. The molecular formula is C21H24N6O2. The van der Waals surface area contributed by atoms with Crippen LogP contribution in [0.2, 0.25) is 0 Å². The summed E-state index contributed by atoms with van der Waals surface area (Å²) in [7, 11) is 0. The standard InChI is InChI=1S/C21H24N6O2/c1-13-11-26(12-14(2)29-13)5-6-27-18-8-17(10-24-20(18)25-21(27)28)16-7-15-3-4-22-19(15)23-9-16/h3-4,7-10,13-14H,5-6,11-12H2,1-2H3,(H,22,23)(H,24,25,28)/t13-,14+. The summed E-state index contributed by atoms with van der Waals surface area (Å²) in [6.07, 6.45) is 5.90. The van der Waals surface area contributed by atoms with Crippen molar-refractivity contribution in [1.29, 1.82) is 0 Å². The van der Waals surface area contributed by atoms with Crippen LogP contribution in [-0.4, -0.2) is 61.2 Å². The highest BCUT2D eigenvalue weighted by atomic mass is 16.5. The number of pyridine rings is 2. The van der Waals surface area contributed by atoms with Crippen LogP contribution in [0.3, 0.4) is 0 Å². The van der Waals surface area contributed by atoms with Crippen LogP contribution >= 0.6 is 0 Å². The number of nitrogens with zero attached hydrogens (tertiary/aromatic N) is 4. The van der Waals surface area contributed by atoms with E-state index in [4.69, 9.17) is 4.74 Å². The van der Waals surface area contributed by atoms with Gasteiger partial charge in [-0.15, -0.1) is 0 Å². The molecule has 1 saturated heterocycles. The maximum Gasteiger partial charge on any atom is 0.327 e. The molecule has 2 atom stereocenters. The maximum absolute atomic E-state index is 12.5. The van der Waals surface area contributed by atoms with Gasteiger partial charge in [0.25, 0.3) is 0 Å². The van der Waals surface area contributed by atoms with E-state index in [0.717, 1.165) is 47.3 Å². The molecule has 0 spiro atoms. The molecule has 2 N–H and O–H groups in total. The summed E-state index contributed by atoms with van der Waals surface area (Å²) in [6.45, 7) is 7.35. The molecule has 5 rings (SSSR count). The van der Waals surface area contributed by atoms with Gasteiger partial charge in [-0.3, -0.25) is 14.5 Å². The lowest BCUT2D eigenvalue weighted by atomic mass is 10.1. The number of rotatable bonds is 4. The number of morpholine rings is 1. The van der Waals surface area contributed by atoms with Gasteiger partial charge in [0.15, 0.2) is 5.65 Å². The summed E-state index contributed by atoms with van der Waals surface area (Å²) < 4.78 is 7.58. The van der Waals surface area contributed by atoms with E-state index in [2.05, 4.69) is 44.7 Å². The van der Waals surface area contributed by atoms with Crippen LogP contribution in [0.25, 0.3) is 33.3 Å². The number of aromatic amines is 2. The van der Waals surface area contributed by atoms with E-state index >= 15 is 0 Å². The molecule has 1 aliphatic rings. The van der Waals surface area contributed by atoms with Gasteiger partial charge in [0.05, 0.1) is 17.7 Å². The summed E-state index contributed by atoms with van der Waals surface area (Å²) in [5, 5.41) is 1.05. The first-order chi connectivity index (χ1) is 14.1. The second kappa shape index (κ2) is 7.13. The van der Waals surface area contributed by atoms with Gasteiger partial charge < -0.3 is 9.72 Å². The van der Waals surface area contributed by atoms with Crippen molar-refractivity contribution in [1.82, 2.24) is 29.4 Å². The number of nitrogens with one attached hydrogen (secondary N) is 2. The Hall–Kier alpha value is -2.97. The zero-order chi connectivity index (χ0) is 20.0. The van der Waals surface area contributed by atoms with E-state index in [-0.39, 0.29) is 17.9 Å². The van der Waals surface area contributed by atoms with E-state index in [0.29, 0.717) is 12.2 Å². The van der Waals surface area contributed by atoms with Crippen LogP contribution in [0.1, 0.15) is 13.8 Å². The molecular weight excluding hydrogens is 368 g/mol. The van der Waals surface area contributed by atoms with Gasteiger partial charge in [-0.25, -0.2) is 14.8 Å². The Kier molecular flexibility index (Phi) is 4.44. The summed E-state index contributed by atoms with van der Waals surface area (Å²) in [5.74, 6) is 0. The van der Waals surface area contributed by atoms with Crippen molar-refractivity contribution in [3.8, 4) is 11.1 Å². The number of hydrogen-bond donors (Lipinski definition) is 2. The molecule has 1 aliphatic heterocycles. The SMILES string of the molecule is C[C@@H]1CN(CCn2c(=O)[nH]c3ncc(-c4cnc5[nH]ccc5c4)cc32)C[C@H](C)O1. The molecule has 0 aliphatic carbocycles. The topological polar surface area (TPSA) is 91.8 Å². The zero-order valence-electron chi connectivity index (χ0n) is 16.6. The molecule has 8 nitrogen and oxygen atoms in total. The first-order valence-corrected chi connectivity index (χ1v) is 9.97. The third-order valence-electron chi connectivity index (χ3n) is 5.50. The van der Waals surface area contributed by atoms with Gasteiger partial charge in [-0.05, 0) is 32.0 Å². The number of H-pyrrole nitrogens is 2. The molecule has 0 radical (unpaired) electrons. The van der Waals surface area contributed by atoms with E-state index in [1.807, 2.05) is 24.5 Å². The third-order valence-corrected chi connectivity index (χ3v) is 5.50. The van der Waals surface area contributed by atoms with Crippen molar-refractivity contribution in [2.75, 3.05) is 19.6 Å². The highest BCUT2D eigenvalue weighted by Gasteiger charge is 2.22. The van der Waals surface area contributed by atoms with Crippen LogP contribution in [-0.2, 0) is 11.3 Å². The Morgan fingerprint density at radius 1 is 1.07 bits per heavy atom. The van der Waals surface area contributed by atoms with Gasteiger partial charge in [0.1, 0.15) is 5.65 Å². The van der Waals surface area contributed by atoms with E-state index in [1.54, 1.807) is 10.8 Å². The average Bonchev–Trinajstić information content (AvgIpc) is 3.28. The Morgan fingerprint density at radius 2 is 1.79 bits per heavy atom. The molecule has 150 valence electrons. The number of aromatic nitrogens is 5. The monoisotopic (exact) mass is 392 g/mol. The largest absolute Gasteiger partial charge is 0.373 e. The third kappa shape index (κ3) is 3.45. The fraction of sp³-hybridized carbons (Fsp3) is 0.381. The molecule has 0 unspecified atom stereocenters. The molecule has 5 heterocycles. The minimum Gasteiger partial charge on any atom is -0.373 e. The average molecular weight is 392 g/mol. The molecule has 0 saturated carbocycles. The second-order valence-corrected chi connectivity index (χ2v) is 7.83. The lowest BCUT2D eigenvalue weighted by Crippen LogP contribution is -2.46. The number of ether oxygens (including phenoxy) is 1. The Morgan fingerprint density at radius 3 is 2.59 bits per heavy atom. The smallest absolute Gasteiger partial charge is 0.327 e. The molecule has 0 bridgehead atoms. The Labute approximate surface area is 167 Å². The number of hydrogen-bond acceptors (Lipinski definition) is 5. The van der Waals surface area contributed by atoms with Crippen molar-refractivity contribution in [2.45, 2.75) is 32.6 Å². The van der Waals surface area contributed by atoms with E-state index in [9.17, 15) is 4.79 Å². The summed E-state index contributed by atoms with van der Waals surface area (Å²) >= 11 is 0. The summed E-state index contributed by atoms with van der Waals surface area (Å²) in [5.41, 5.74) is 4.07. The van der Waals surface area contributed by atoms with Gasteiger partial charge in [-0.2, -0.15) is 0 Å². The van der Waals surface area contributed by atoms with Gasteiger partial charge in [0.2, 0.25) is 0 Å². The molecule has 4 aromatic rings. The lowest BCUT2D eigenvalue weighted by molar-refractivity contribution is -0.0685. The van der Waals surface area contributed by atoms with E-state index < -0.39 is 0 Å². The minimum atomic E-state index is -0.127. The molecule has 0 aromatic carbocycles. The van der Waals surface area contributed by atoms with Crippen molar-refractivity contribution in [3.63, 3.8) is 0 Å². The van der Waals surface area contributed by atoms with Crippen molar-refractivity contribution in [2.24, 2.45) is 0 Å². The van der Waals surface area contributed by atoms with Crippen LogP contribution in [0.15, 0.2) is 41.6 Å². The first-order valence-electron chi connectivity index (χ1n) is 9.97. The molecule has 1 fully saturated rings. The van der Waals surface area contributed by atoms with Crippen molar-refractivity contribution >= 4 is 22.2 Å². The highest BCUT2D eigenvalue weighted by molar-refractivity contribution is 5.84. The Bertz CT molecular complexity index is 1210. The zero-order valence-corrected chi connectivity index (χ0v) is 16.6. The fourth-order valence-electron chi connectivity index (χ4n) is 4.22. The lowest BCUT2D eigenvalue weighted by Gasteiger charge is -2.35. The van der Waals surface area contributed by atoms with Crippen LogP contribution in [0.5, 0.6) is 0 Å². The van der Waals surface area contributed by atoms with Crippen LogP contribution in [0.4, 0.5) is 0 Å². The normalized spacial score (nSPS) is 20.6. The minimum absolute atomic E-state index is 0.127. The molecule has 29 heavy (non-hydrogen) atoms. The van der Waals surface area contributed by atoms with E-state index in [1.165, 1.54) is 0 Å². The van der Waals surface area contributed by atoms with Gasteiger partial charge in [0, 0.05) is 61.3 Å². The number of imidazole rings is 1. The molecule has 4 aromatic heterocycles. The fourth-order valence-corrected chi connectivity index (χ4v) is 4.22. The van der Waals surface area contributed by atoms with Gasteiger partial charge in [-0.1, -0.05) is 0 Å². The van der Waals surface area contributed by atoms with Crippen LogP contribution in [0, 0.1) is 0 Å². The molecule has 8 heteroatoms. The Balaban J connectivity index is 1.45. The van der Waals surface area contributed by atoms with Crippen molar-refractivity contribution in [3.05, 3.63) is 47.3 Å². The number of fused-ring (bicyclic) bond motifs is 2. The molecule has 0 amide bonds. The predicted octanol–water partition coefficient (Wildman–Crippen LogP) is 2.38. The predicted molar refractivity (Wildman–Crippen MR) is 112 cm³/mol.